The van der Waals surface area contributed by atoms with Gasteiger partial charge in [-0.05, 0) is 105 Å². The average Bonchev–Trinajstić information content (AvgIpc) is 3.10. The molecule has 5 rings (SSSR count). The van der Waals surface area contributed by atoms with Gasteiger partial charge < -0.3 is 0 Å². The molecule has 254 valence electrons. The van der Waals surface area contributed by atoms with Gasteiger partial charge in [0.05, 0.1) is 0 Å². The van der Waals surface area contributed by atoms with Crippen LogP contribution in [0.15, 0.2) is 93.9 Å². The molecular formula is C46H56Br2. The van der Waals surface area contributed by atoms with Crippen LogP contribution >= 0.6 is 31.9 Å². The summed E-state index contributed by atoms with van der Waals surface area (Å²) in [5.74, 6) is 0. The predicted octanol–water partition coefficient (Wildman–Crippen LogP) is 16.2. The lowest BCUT2D eigenvalue weighted by molar-refractivity contribution is 0.575. The molecule has 5 aromatic carbocycles. The van der Waals surface area contributed by atoms with Crippen LogP contribution in [-0.4, -0.2) is 0 Å². The van der Waals surface area contributed by atoms with Crippen LogP contribution in [0.1, 0.15) is 128 Å². The molecule has 0 bridgehead atoms. The highest BCUT2D eigenvalue weighted by atomic mass is 79.9. The third-order valence-electron chi connectivity index (χ3n) is 10.2. The number of fused-ring (bicyclic) bond motifs is 3. The Bertz CT molecular complexity index is 1570. The van der Waals surface area contributed by atoms with Gasteiger partial charge in [0.2, 0.25) is 0 Å². The Hall–Kier alpha value is -2.42. The van der Waals surface area contributed by atoms with Crippen molar-refractivity contribution in [2.24, 2.45) is 0 Å². The lowest BCUT2D eigenvalue weighted by Crippen LogP contribution is -1.94. The summed E-state index contributed by atoms with van der Waals surface area (Å²) in [6, 6.07) is 32.6. The fourth-order valence-electron chi connectivity index (χ4n) is 7.39. The van der Waals surface area contributed by atoms with Gasteiger partial charge in [0, 0.05) is 8.95 Å². The Balaban J connectivity index is 1.40. The molecule has 0 heterocycles. The lowest BCUT2D eigenvalue weighted by atomic mass is 9.84. The molecule has 0 unspecified atom stereocenters. The molecule has 0 nitrogen and oxygen atoms in total. The SMILES string of the molecule is CCCCCCCCCCc1ccc(-c2c(-c3ccc(CCCCCCCCCC)cc3)c3cc(Br)ccc3c3ccc(Br)cc23)cc1. The largest absolute Gasteiger partial charge is 0.0654 e. The fourth-order valence-corrected chi connectivity index (χ4v) is 8.11. The van der Waals surface area contributed by atoms with Crippen molar-refractivity contribution in [1.82, 2.24) is 0 Å². The van der Waals surface area contributed by atoms with Crippen LogP contribution in [0.4, 0.5) is 0 Å². The van der Waals surface area contributed by atoms with E-state index in [-0.39, 0.29) is 0 Å². The summed E-state index contributed by atoms with van der Waals surface area (Å²) in [6.45, 7) is 4.59. The minimum absolute atomic E-state index is 1.12. The Morgan fingerprint density at radius 2 is 0.688 bits per heavy atom. The van der Waals surface area contributed by atoms with Crippen LogP contribution in [0.5, 0.6) is 0 Å². The van der Waals surface area contributed by atoms with E-state index in [2.05, 4.69) is 131 Å². The molecule has 0 fully saturated rings. The van der Waals surface area contributed by atoms with Crippen molar-refractivity contribution >= 4 is 53.4 Å². The van der Waals surface area contributed by atoms with Crippen LogP contribution in [0.2, 0.25) is 0 Å². The molecule has 0 aliphatic carbocycles. The molecule has 0 spiro atoms. The van der Waals surface area contributed by atoms with Crippen molar-refractivity contribution in [1.29, 1.82) is 0 Å². The van der Waals surface area contributed by atoms with Gasteiger partial charge in [0.1, 0.15) is 0 Å². The molecule has 2 heteroatoms. The van der Waals surface area contributed by atoms with E-state index >= 15 is 0 Å². The normalized spacial score (nSPS) is 11.6. The van der Waals surface area contributed by atoms with Gasteiger partial charge in [-0.2, -0.15) is 0 Å². The zero-order valence-electron chi connectivity index (χ0n) is 29.6. The van der Waals surface area contributed by atoms with Crippen molar-refractivity contribution in [2.45, 2.75) is 129 Å². The zero-order chi connectivity index (χ0) is 33.6. The van der Waals surface area contributed by atoms with Crippen LogP contribution in [0.25, 0.3) is 43.8 Å². The van der Waals surface area contributed by atoms with Crippen molar-refractivity contribution in [2.75, 3.05) is 0 Å². The summed E-state index contributed by atoms with van der Waals surface area (Å²) in [5, 5.41) is 5.20. The Labute approximate surface area is 308 Å². The second-order valence-electron chi connectivity index (χ2n) is 14.0. The highest BCUT2D eigenvalue weighted by molar-refractivity contribution is 9.10. The minimum atomic E-state index is 1.12. The van der Waals surface area contributed by atoms with E-state index in [1.807, 2.05) is 0 Å². The standard InChI is InChI=1S/C46H56Br2/c1-3-5-7-9-11-13-15-17-19-35-21-25-37(26-22-35)45-43-33-39(47)29-31-41(43)42-32-30-40(48)34-44(42)46(45)38-27-23-36(24-28-38)20-18-16-14-12-10-8-6-4-2/h21-34H,3-20H2,1-2H3. The third kappa shape index (κ3) is 10.3. The van der Waals surface area contributed by atoms with Gasteiger partial charge in [-0.15, -0.1) is 0 Å². The molecule has 48 heavy (non-hydrogen) atoms. The molecule has 0 saturated carbocycles. The molecular weight excluding hydrogens is 712 g/mol. The van der Waals surface area contributed by atoms with E-state index in [1.165, 1.54) is 171 Å². The van der Waals surface area contributed by atoms with Gasteiger partial charge in [-0.3, -0.25) is 0 Å². The fraction of sp³-hybridized carbons (Fsp3) is 0.435. The third-order valence-corrected chi connectivity index (χ3v) is 11.2. The number of aryl methyl sites for hydroxylation is 2. The highest BCUT2D eigenvalue weighted by Crippen LogP contribution is 2.46. The first-order valence-electron chi connectivity index (χ1n) is 19.1. The molecule has 0 saturated heterocycles. The van der Waals surface area contributed by atoms with Crippen LogP contribution < -0.4 is 0 Å². The van der Waals surface area contributed by atoms with Crippen LogP contribution in [0, 0.1) is 0 Å². The van der Waals surface area contributed by atoms with E-state index in [0.717, 1.165) is 8.95 Å². The zero-order valence-corrected chi connectivity index (χ0v) is 32.7. The number of hydrogen-bond donors (Lipinski definition) is 0. The van der Waals surface area contributed by atoms with Crippen molar-refractivity contribution < 1.29 is 0 Å². The molecule has 0 radical (unpaired) electrons. The van der Waals surface area contributed by atoms with Gasteiger partial charge in [0.15, 0.2) is 0 Å². The molecule has 0 atom stereocenters. The maximum absolute atomic E-state index is 3.82. The minimum Gasteiger partial charge on any atom is -0.0654 e. The number of unbranched alkanes of at least 4 members (excludes halogenated alkanes) is 14. The summed E-state index contributed by atoms with van der Waals surface area (Å²) < 4.78 is 2.23. The van der Waals surface area contributed by atoms with Crippen LogP contribution in [0.3, 0.4) is 0 Å². The Morgan fingerprint density at radius 3 is 1.04 bits per heavy atom. The number of rotatable bonds is 20. The van der Waals surface area contributed by atoms with E-state index in [9.17, 15) is 0 Å². The summed E-state index contributed by atoms with van der Waals surface area (Å²) in [4.78, 5) is 0. The molecule has 0 amide bonds. The highest BCUT2D eigenvalue weighted by Gasteiger charge is 2.18. The number of hydrogen-bond acceptors (Lipinski definition) is 0. The van der Waals surface area contributed by atoms with Crippen molar-refractivity contribution in [3.63, 3.8) is 0 Å². The maximum Gasteiger partial charge on any atom is 0.0181 e. The van der Waals surface area contributed by atoms with Gasteiger partial charge in [-0.1, -0.05) is 196 Å². The first-order valence-corrected chi connectivity index (χ1v) is 20.7. The summed E-state index contributed by atoms with van der Waals surface area (Å²) in [7, 11) is 0. The van der Waals surface area contributed by atoms with Gasteiger partial charge in [-0.25, -0.2) is 0 Å². The predicted molar refractivity (Wildman–Crippen MR) is 220 cm³/mol. The quantitative estimate of drug-likeness (QED) is 0.0546. The van der Waals surface area contributed by atoms with E-state index in [0.29, 0.717) is 0 Å². The second-order valence-corrected chi connectivity index (χ2v) is 15.8. The second kappa shape index (κ2) is 19.7. The summed E-state index contributed by atoms with van der Waals surface area (Å²) in [5.41, 5.74) is 8.13. The first-order chi connectivity index (χ1) is 23.6. The topological polar surface area (TPSA) is 0 Å². The van der Waals surface area contributed by atoms with Gasteiger partial charge in [0.25, 0.3) is 0 Å². The first kappa shape index (κ1) is 36.9. The van der Waals surface area contributed by atoms with Crippen molar-refractivity contribution in [3.05, 3.63) is 105 Å². The monoisotopic (exact) mass is 766 g/mol. The molecule has 0 aliphatic heterocycles. The smallest absolute Gasteiger partial charge is 0.0181 e. The number of halogens is 2. The van der Waals surface area contributed by atoms with E-state index in [1.54, 1.807) is 0 Å². The molecule has 0 N–H and O–H groups in total. The molecule has 5 aromatic rings. The maximum atomic E-state index is 3.82. The summed E-state index contributed by atoms with van der Waals surface area (Å²) in [6.07, 6.45) is 24.1. The molecule has 0 aliphatic rings. The van der Waals surface area contributed by atoms with E-state index in [4.69, 9.17) is 0 Å². The Morgan fingerprint density at radius 1 is 0.354 bits per heavy atom. The molecule has 0 aromatic heterocycles. The average molecular weight is 769 g/mol. The Kier molecular flexibility index (Phi) is 15.1. The van der Waals surface area contributed by atoms with Crippen LogP contribution in [-0.2, 0) is 12.8 Å². The van der Waals surface area contributed by atoms with Gasteiger partial charge >= 0.3 is 0 Å². The van der Waals surface area contributed by atoms with E-state index < -0.39 is 0 Å². The van der Waals surface area contributed by atoms with Crippen molar-refractivity contribution in [3.8, 4) is 22.3 Å². The number of benzene rings is 5. The summed E-state index contributed by atoms with van der Waals surface area (Å²) >= 11 is 7.64. The lowest BCUT2D eigenvalue weighted by Gasteiger charge is -2.19.